The summed E-state index contributed by atoms with van der Waals surface area (Å²) in [5, 5.41) is 12.3. The van der Waals surface area contributed by atoms with Gasteiger partial charge in [-0.2, -0.15) is 0 Å². The quantitative estimate of drug-likeness (QED) is 0.841. The lowest BCUT2D eigenvalue weighted by atomic mass is 9.76. The summed E-state index contributed by atoms with van der Waals surface area (Å²) in [6, 6.07) is -0.103. The number of likely N-dealkylation sites (tertiary alicyclic amines) is 1. The molecule has 2 amide bonds. The Morgan fingerprint density at radius 1 is 1.10 bits per heavy atom. The van der Waals surface area contributed by atoms with Crippen molar-refractivity contribution in [2.75, 3.05) is 19.6 Å². The summed E-state index contributed by atoms with van der Waals surface area (Å²) in [6.45, 7) is 5.64. The maximum absolute atomic E-state index is 12.3. The first-order valence-electron chi connectivity index (χ1n) is 8.11. The molecule has 5 heteroatoms. The Bertz CT molecular complexity index is 404. The number of piperidine rings is 1. The molecular weight excluding hydrogens is 268 g/mol. The van der Waals surface area contributed by atoms with E-state index in [0.29, 0.717) is 26.1 Å². The number of nitrogens with zero attached hydrogens (tertiary/aromatic N) is 1. The van der Waals surface area contributed by atoms with E-state index >= 15 is 0 Å². The lowest BCUT2D eigenvalue weighted by Crippen LogP contribution is -2.52. The Kier molecular flexibility index (Phi) is 4.79. The van der Waals surface area contributed by atoms with E-state index in [2.05, 4.69) is 12.2 Å². The van der Waals surface area contributed by atoms with E-state index in [4.69, 9.17) is 0 Å². The minimum atomic E-state index is -0.806. The minimum absolute atomic E-state index is 0.103. The zero-order valence-corrected chi connectivity index (χ0v) is 13.3. The fourth-order valence-corrected chi connectivity index (χ4v) is 3.57. The molecule has 1 aliphatic carbocycles. The molecule has 0 spiro atoms. The summed E-state index contributed by atoms with van der Waals surface area (Å²) in [4.78, 5) is 25.3. The van der Waals surface area contributed by atoms with Crippen LogP contribution in [0.5, 0.6) is 0 Å². The van der Waals surface area contributed by atoms with Crippen molar-refractivity contribution in [2.24, 2.45) is 10.8 Å². The van der Waals surface area contributed by atoms with Crippen molar-refractivity contribution in [3.63, 3.8) is 0 Å². The van der Waals surface area contributed by atoms with Gasteiger partial charge in [0.25, 0.3) is 0 Å². The summed E-state index contributed by atoms with van der Waals surface area (Å²) >= 11 is 0. The number of carboxylic acid groups (broad SMARTS) is 1. The van der Waals surface area contributed by atoms with Gasteiger partial charge in [-0.3, -0.25) is 4.79 Å². The standard InChI is InChI=1S/C16H28N2O3/c1-15(7-4-3-5-8-15)11-17-14(21)18-10-6-9-16(2,12-18)13(19)20/h3-12H2,1-2H3,(H,17,21)(H,19,20). The van der Waals surface area contributed by atoms with Crippen LogP contribution >= 0.6 is 0 Å². The number of carbonyl (C=O) groups is 2. The summed E-state index contributed by atoms with van der Waals surface area (Å²) in [6.07, 6.45) is 7.52. The van der Waals surface area contributed by atoms with Gasteiger partial charge >= 0.3 is 12.0 Å². The number of hydrogen-bond acceptors (Lipinski definition) is 2. The van der Waals surface area contributed by atoms with Crippen molar-refractivity contribution in [2.45, 2.75) is 58.8 Å². The summed E-state index contributed by atoms with van der Waals surface area (Å²) in [7, 11) is 0. The molecule has 0 aromatic heterocycles. The van der Waals surface area contributed by atoms with Crippen LogP contribution in [-0.2, 0) is 4.79 Å². The predicted octanol–water partition coefficient (Wildman–Crippen LogP) is 2.85. The monoisotopic (exact) mass is 296 g/mol. The molecule has 0 aromatic carbocycles. The number of carbonyl (C=O) groups excluding carboxylic acids is 1. The zero-order chi connectivity index (χ0) is 15.5. The van der Waals surface area contributed by atoms with Crippen LogP contribution < -0.4 is 5.32 Å². The van der Waals surface area contributed by atoms with Crippen LogP contribution in [0.15, 0.2) is 0 Å². The molecule has 0 aromatic rings. The van der Waals surface area contributed by atoms with Gasteiger partial charge in [0.2, 0.25) is 0 Å². The molecule has 21 heavy (non-hydrogen) atoms. The molecule has 1 heterocycles. The van der Waals surface area contributed by atoms with Crippen molar-refractivity contribution in [3.05, 3.63) is 0 Å². The van der Waals surface area contributed by atoms with E-state index in [-0.39, 0.29) is 11.4 Å². The summed E-state index contributed by atoms with van der Waals surface area (Å²) < 4.78 is 0. The predicted molar refractivity (Wildman–Crippen MR) is 81.1 cm³/mol. The number of carboxylic acids is 1. The molecule has 0 radical (unpaired) electrons. The number of rotatable bonds is 3. The third kappa shape index (κ3) is 3.89. The van der Waals surface area contributed by atoms with Gasteiger partial charge in [0.05, 0.1) is 5.41 Å². The minimum Gasteiger partial charge on any atom is -0.481 e. The Morgan fingerprint density at radius 2 is 1.76 bits per heavy atom. The smallest absolute Gasteiger partial charge is 0.317 e. The van der Waals surface area contributed by atoms with E-state index in [1.165, 1.54) is 32.1 Å². The maximum atomic E-state index is 12.3. The first-order chi connectivity index (χ1) is 9.85. The molecule has 2 N–H and O–H groups in total. The van der Waals surface area contributed by atoms with Gasteiger partial charge in [-0.05, 0) is 38.0 Å². The molecule has 1 saturated carbocycles. The van der Waals surface area contributed by atoms with E-state index < -0.39 is 11.4 Å². The van der Waals surface area contributed by atoms with Gasteiger partial charge in [-0.25, -0.2) is 4.79 Å². The van der Waals surface area contributed by atoms with E-state index in [1.807, 2.05) is 0 Å². The van der Waals surface area contributed by atoms with Crippen LogP contribution in [0.2, 0.25) is 0 Å². The van der Waals surface area contributed by atoms with Crippen LogP contribution in [0.1, 0.15) is 58.8 Å². The summed E-state index contributed by atoms with van der Waals surface area (Å²) in [5.41, 5.74) is -0.593. The normalized spacial score (nSPS) is 29.0. The summed E-state index contributed by atoms with van der Waals surface area (Å²) in [5.74, 6) is -0.806. The van der Waals surface area contributed by atoms with Crippen molar-refractivity contribution in [1.82, 2.24) is 10.2 Å². The first kappa shape index (κ1) is 16.1. The van der Waals surface area contributed by atoms with Gasteiger partial charge in [0, 0.05) is 19.6 Å². The second kappa shape index (κ2) is 6.24. The second-order valence-corrected chi connectivity index (χ2v) is 7.42. The topological polar surface area (TPSA) is 69.6 Å². The Hall–Kier alpha value is -1.26. The molecule has 2 rings (SSSR count). The largest absolute Gasteiger partial charge is 0.481 e. The lowest BCUT2D eigenvalue weighted by Gasteiger charge is -2.39. The highest BCUT2D eigenvalue weighted by molar-refractivity contribution is 5.78. The molecule has 1 aliphatic heterocycles. The molecule has 120 valence electrons. The first-order valence-corrected chi connectivity index (χ1v) is 8.11. The van der Waals surface area contributed by atoms with E-state index in [9.17, 15) is 14.7 Å². The Balaban J connectivity index is 1.87. The van der Waals surface area contributed by atoms with Crippen LogP contribution in [0.3, 0.4) is 0 Å². The Morgan fingerprint density at radius 3 is 2.38 bits per heavy atom. The Labute approximate surface area is 127 Å². The van der Waals surface area contributed by atoms with Crippen LogP contribution in [-0.4, -0.2) is 41.6 Å². The fraction of sp³-hybridized carbons (Fsp3) is 0.875. The number of hydrogen-bond donors (Lipinski definition) is 2. The fourth-order valence-electron chi connectivity index (χ4n) is 3.57. The molecule has 0 bridgehead atoms. The molecule has 5 nitrogen and oxygen atoms in total. The highest BCUT2D eigenvalue weighted by Gasteiger charge is 2.39. The van der Waals surface area contributed by atoms with Gasteiger partial charge in [0.15, 0.2) is 0 Å². The van der Waals surface area contributed by atoms with Crippen LogP contribution in [0.25, 0.3) is 0 Å². The zero-order valence-electron chi connectivity index (χ0n) is 13.3. The van der Waals surface area contributed by atoms with E-state index in [1.54, 1.807) is 11.8 Å². The average molecular weight is 296 g/mol. The lowest BCUT2D eigenvalue weighted by molar-refractivity contribution is -0.150. The van der Waals surface area contributed by atoms with Gasteiger partial charge < -0.3 is 15.3 Å². The number of urea groups is 1. The van der Waals surface area contributed by atoms with Gasteiger partial charge in [-0.15, -0.1) is 0 Å². The number of aliphatic carboxylic acids is 1. The van der Waals surface area contributed by atoms with Crippen molar-refractivity contribution >= 4 is 12.0 Å². The van der Waals surface area contributed by atoms with Crippen LogP contribution in [0, 0.1) is 10.8 Å². The van der Waals surface area contributed by atoms with Crippen molar-refractivity contribution < 1.29 is 14.7 Å². The van der Waals surface area contributed by atoms with Crippen LogP contribution in [0.4, 0.5) is 4.79 Å². The van der Waals surface area contributed by atoms with E-state index in [0.717, 1.165) is 6.42 Å². The third-order valence-corrected chi connectivity index (χ3v) is 5.23. The SMILES string of the molecule is CC1(CNC(=O)N2CCCC(C)(C(=O)O)C2)CCCCC1. The molecule has 1 saturated heterocycles. The van der Waals surface area contributed by atoms with Crippen molar-refractivity contribution in [3.8, 4) is 0 Å². The second-order valence-electron chi connectivity index (χ2n) is 7.42. The molecule has 2 aliphatic rings. The molecule has 2 fully saturated rings. The molecular formula is C16H28N2O3. The highest BCUT2D eigenvalue weighted by Crippen LogP contribution is 2.35. The van der Waals surface area contributed by atoms with Gasteiger partial charge in [0.1, 0.15) is 0 Å². The molecule has 1 unspecified atom stereocenters. The maximum Gasteiger partial charge on any atom is 0.317 e. The number of nitrogens with one attached hydrogen (secondary N) is 1. The van der Waals surface area contributed by atoms with Gasteiger partial charge in [-0.1, -0.05) is 26.2 Å². The van der Waals surface area contributed by atoms with Crippen molar-refractivity contribution in [1.29, 1.82) is 0 Å². The number of amides is 2. The molecule has 1 atom stereocenters. The average Bonchev–Trinajstić information content (AvgIpc) is 2.45. The highest BCUT2D eigenvalue weighted by atomic mass is 16.4. The third-order valence-electron chi connectivity index (χ3n) is 5.23.